The summed E-state index contributed by atoms with van der Waals surface area (Å²) in [5.41, 5.74) is 8.63. The minimum absolute atomic E-state index is 0.295. The number of rotatable bonds is 5. The van der Waals surface area contributed by atoms with Gasteiger partial charge in [-0.1, -0.05) is 13.0 Å². The van der Waals surface area contributed by atoms with E-state index in [-0.39, 0.29) is 0 Å². The van der Waals surface area contributed by atoms with Crippen LogP contribution in [0.15, 0.2) is 22.6 Å². The minimum atomic E-state index is 0.295. The highest BCUT2D eigenvalue weighted by Gasteiger charge is 2.18. The zero-order valence-corrected chi connectivity index (χ0v) is 11.2. The lowest BCUT2D eigenvalue weighted by Crippen LogP contribution is -2.25. The molecule has 2 atom stereocenters. The molecule has 3 N–H and O–H groups in total. The first-order valence-electron chi connectivity index (χ1n) is 6.40. The van der Waals surface area contributed by atoms with Crippen LogP contribution >= 0.6 is 0 Å². The quantitative estimate of drug-likeness (QED) is 0.851. The van der Waals surface area contributed by atoms with Crippen LogP contribution in [0.5, 0.6) is 0 Å². The lowest BCUT2D eigenvalue weighted by Gasteiger charge is -2.23. The van der Waals surface area contributed by atoms with Gasteiger partial charge in [0, 0.05) is 13.0 Å². The van der Waals surface area contributed by atoms with Gasteiger partial charge < -0.3 is 15.5 Å². The third-order valence-electron chi connectivity index (χ3n) is 3.38. The molecule has 0 aliphatic rings. The number of nitrogens with two attached hydrogens (primary N) is 1. The van der Waals surface area contributed by atoms with Crippen LogP contribution in [-0.4, -0.2) is 18.6 Å². The maximum atomic E-state index is 5.64. The topological polar surface area (TPSA) is 64.1 Å². The Morgan fingerprint density at radius 1 is 1.44 bits per heavy atom. The van der Waals surface area contributed by atoms with Gasteiger partial charge in [-0.3, -0.25) is 0 Å². The Hall–Kier alpha value is -1.39. The Morgan fingerprint density at radius 3 is 2.89 bits per heavy atom. The second-order valence-corrected chi connectivity index (χ2v) is 4.78. The number of aryl methyl sites for hydroxylation is 1. The molecule has 4 nitrogen and oxygen atoms in total. The molecular formula is C14H21N3O. The molecule has 1 aromatic carbocycles. The number of oxazole rings is 1. The highest BCUT2D eigenvalue weighted by Crippen LogP contribution is 2.27. The maximum absolute atomic E-state index is 5.64. The van der Waals surface area contributed by atoms with E-state index >= 15 is 0 Å². The van der Waals surface area contributed by atoms with Crippen LogP contribution < -0.4 is 11.1 Å². The van der Waals surface area contributed by atoms with Crippen molar-refractivity contribution in [3.63, 3.8) is 0 Å². The van der Waals surface area contributed by atoms with Crippen LogP contribution in [-0.2, 0) is 0 Å². The van der Waals surface area contributed by atoms with Crippen LogP contribution in [0.3, 0.4) is 0 Å². The van der Waals surface area contributed by atoms with E-state index in [0.717, 1.165) is 17.5 Å². The third-order valence-corrected chi connectivity index (χ3v) is 3.38. The van der Waals surface area contributed by atoms with E-state index in [1.807, 2.05) is 20.0 Å². The van der Waals surface area contributed by atoms with Crippen molar-refractivity contribution < 1.29 is 4.42 Å². The molecule has 0 aliphatic heterocycles. The van der Waals surface area contributed by atoms with Gasteiger partial charge >= 0.3 is 0 Å². The standard InChI is InChI=1S/C14H21N3O/c1-9(6-7-15)14(16-3)11-4-5-12-13(8-11)18-10(2)17-12/h4-5,8-9,14,16H,6-7,15H2,1-3H3. The molecule has 2 rings (SSSR count). The van der Waals surface area contributed by atoms with Gasteiger partial charge in [-0.25, -0.2) is 4.98 Å². The molecule has 0 radical (unpaired) electrons. The molecule has 0 bridgehead atoms. The Bertz CT molecular complexity index is 521. The Labute approximate surface area is 108 Å². The summed E-state index contributed by atoms with van der Waals surface area (Å²) < 4.78 is 5.58. The first-order valence-corrected chi connectivity index (χ1v) is 6.40. The summed E-state index contributed by atoms with van der Waals surface area (Å²) in [6, 6.07) is 6.49. The van der Waals surface area contributed by atoms with E-state index in [1.165, 1.54) is 5.56 Å². The van der Waals surface area contributed by atoms with Crippen LogP contribution in [0.1, 0.15) is 30.8 Å². The minimum Gasteiger partial charge on any atom is -0.441 e. The molecule has 1 aromatic heterocycles. The molecule has 0 saturated carbocycles. The Kier molecular flexibility index (Phi) is 3.99. The molecule has 0 saturated heterocycles. The van der Waals surface area contributed by atoms with Crippen molar-refractivity contribution in [2.45, 2.75) is 26.3 Å². The van der Waals surface area contributed by atoms with Gasteiger partial charge in [0.05, 0.1) is 0 Å². The number of fused-ring (bicyclic) bond motifs is 1. The molecule has 2 aromatic rings. The molecule has 0 fully saturated rings. The molecule has 0 aliphatic carbocycles. The monoisotopic (exact) mass is 247 g/mol. The summed E-state index contributed by atoms with van der Waals surface area (Å²) >= 11 is 0. The zero-order chi connectivity index (χ0) is 13.1. The molecule has 18 heavy (non-hydrogen) atoms. The van der Waals surface area contributed by atoms with E-state index in [1.54, 1.807) is 0 Å². The largest absolute Gasteiger partial charge is 0.441 e. The average molecular weight is 247 g/mol. The first kappa shape index (κ1) is 13.1. The second-order valence-electron chi connectivity index (χ2n) is 4.78. The summed E-state index contributed by atoms with van der Waals surface area (Å²) in [4.78, 5) is 4.31. The fraction of sp³-hybridized carbons (Fsp3) is 0.500. The van der Waals surface area contributed by atoms with Gasteiger partial charge in [-0.05, 0) is 43.6 Å². The van der Waals surface area contributed by atoms with Gasteiger partial charge in [0.25, 0.3) is 0 Å². The molecule has 0 spiro atoms. The number of hydrogen-bond acceptors (Lipinski definition) is 4. The predicted octanol–water partition coefficient (Wildman–Crippen LogP) is 2.38. The van der Waals surface area contributed by atoms with Crippen molar-refractivity contribution in [2.24, 2.45) is 11.7 Å². The van der Waals surface area contributed by atoms with Crippen molar-refractivity contribution in [2.75, 3.05) is 13.6 Å². The highest BCUT2D eigenvalue weighted by molar-refractivity contribution is 5.73. The van der Waals surface area contributed by atoms with Crippen molar-refractivity contribution in [1.82, 2.24) is 10.3 Å². The van der Waals surface area contributed by atoms with E-state index in [4.69, 9.17) is 10.2 Å². The van der Waals surface area contributed by atoms with Gasteiger partial charge in [-0.2, -0.15) is 0 Å². The Balaban J connectivity index is 2.32. The summed E-state index contributed by atoms with van der Waals surface area (Å²) in [5.74, 6) is 1.19. The number of benzene rings is 1. The predicted molar refractivity (Wildman–Crippen MR) is 73.4 cm³/mol. The van der Waals surface area contributed by atoms with Crippen LogP contribution in [0.25, 0.3) is 11.1 Å². The number of aromatic nitrogens is 1. The molecule has 1 heterocycles. The van der Waals surface area contributed by atoms with Crippen molar-refractivity contribution >= 4 is 11.1 Å². The van der Waals surface area contributed by atoms with Crippen LogP contribution in [0.4, 0.5) is 0 Å². The fourth-order valence-electron chi connectivity index (χ4n) is 2.46. The normalized spacial score (nSPS) is 14.9. The molecular weight excluding hydrogens is 226 g/mol. The fourth-order valence-corrected chi connectivity index (χ4v) is 2.46. The van der Waals surface area contributed by atoms with Crippen molar-refractivity contribution in [3.8, 4) is 0 Å². The van der Waals surface area contributed by atoms with Gasteiger partial charge in [0.2, 0.25) is 0 Å². The van der Waals surface area contributed by atoms with Gasteiger partial charge in [-0.15, -0.1) is 0 Å². The van der Waals surface area contributed by atoms with E-state index in [0.29, 0.717) is 24.4 Å². The smallest absolute Gasteiger partial charge is 0.192 e. The van der Waals surface area contributed by atoms with Crippen LogP contribution in [0.2, 0.25) is 0 Å². The molecule has 98 valence electrons. The maximum Gasteiger partial charge on any atom is 0.192 e. The summed E-state index contributed by atoms with van der Waals surface area (Å²) in [6.07, 6.45) is 0.999. The highest BCUT2D eigenvalue weighted by atomic mass is 16.3. The first-order chi connectivity index (χ1) is 8.65. The SMILES string of the molecule is CNC(c1ccc2nc(C)oc2c1)C(C)CCN. The number of hydrogen-bond donors (Lipinski definition) is 2. The van der Waals surface area contributed by atoms with Crippen molar-refractivity contribution in [1.29, 1.82) is 0 Å². The molecule has 2 unspecified atom stereocenters. The second kappa shape index (κ2) is 5.50. The number of nitrogens with one attached hydrogen (secondary N) is 1. The lowest BCUT2D eigenvalue weighted by atomic mass is 9.92. The third kappa shape index (κ3) is 2.54. The molecule has 4 heteroatoms. The summed E-state index contributed by atoms with van der Waals surface area (Å²) in [6.45, 7) is 4.79. The van der Waals surface area contributed by atoms with Crippen LogP contribution in [0, 0.1) is 12.8 Å². The van der Waals surface area contributed by atoms with E-state index in [9.17, 15) is 0 Å². The number of nitrogens with zero attached hydrogens (tertiary/aromatic N) is 1. The zero-order valence-electron chi connectivity index (χ0n) is 11.2. The van der Waals surface area contributed by atoms with E-state index < -0.39 is 0 Å². The Morgan fingerprint density at radius 2 is 2.22 bits per heavy atom. The molecule has 0 amide bonds. The van der Waals surface area contributed by atoms with E-state index in [2.05, 4.69) is 29.4 Å². The van der Waals surface area contributed by atoms with Crippen molar-refractivity contribution in [3.05, 3.63) is 29.7 Å². The lowest BCUT2D eigenvalue weighted by molar-refractivity contribution is 0.391. The average Bonchev–Trinajstić information content (AvgIpc) is 2.69. The van der Waals surface area contributed by atoms with Gasteiger partial charge in [0.15, 0.2) is 11.5 Å². The summed E-state index contributed by atoms with van der Waals surface area (Å²) in [7, 11) is 1.98. The summed E-state index contributed by atoms with van der Waals surface area (Å²) in [5, 5.41) is 3.36. The van der Waals surface area contributed by atoms with Gasteiger partial charge in [0.1, 0.15) is 5.52 Å².